The average molecular weight is 202 g/mol. The third-order valence-corrected chi connectivity index (χ3v) is 1.47. The van der Waals surface area contributed by atoms with Crippen LogP contribution in [0.5, 0.6) is 5.75 Å². The molecule has 70 valence electrons. The summed E-state index contributed by atoms with van der Waals surface area (Å²) in [5.74, 6) is -0.689. The average Bonchev–Trinajstić information content (AvgIpc) is 1.99. The van der Waals surface area contributed by atoms with E-state index in [1.807, 2.05) is 0 Å². The van der Waals surface area contributed by atoms with Gasteiger partial charge in [-0.05, 0) is 12.1 Å². The van der Waals surface area contributed by atoms with Crippen molar-refractivity contribution in [2.45, 2.75) is 0 Å². The highest BCUT2D eigenvalue weighted by atomic mass is 35.5. The first-order valence-corrected chi connectivity index (χ1v) is 3.86. The molecule has 0 saturated heterocycles. The van der Waals surface area contributed by atoms with E-state index in [-0.39, 0.29) is 0 Å². The van der Waals surface area contributed by atoms with E-state index in [4.69, 9.17) is 27.2 Å². The van der Waals surface area contributed by atoms with Crippen LogP contribution < -0.4 is 10.5 Å². The van der Waals surface area contributed by atoms with Gasteiger partial charge in [-0.25, -0.2) is 4.79 Å². The van der Waals surface area contributed by atoms with Crippen molar-refractivity contribution in [3.63, 3.8) is 0 Å². The highest BCUT2D eigenvalue weighted by molar-refractivity contribution is 6.31. The summed E-state index contributed by atoms with van der Waals surface area (Å²) in [6.07, 6.45) is 0. The number of benzene rings is 1. The number of halogens is 1. The van der Waals surface area contributed by atoms with Crippen molar-refractivity contribution in [1.82, 2.24) is 0 Å². The molecule has 3 N–H and O–H groups in total. The second-order valence-corrected chi connectivity index (χ2v) is 2.84. The van der Waals surface area contributed by atoms with Gasteiger partial charge in [-0.2, -0.15) is 0 Å². The van der Waals surface area contributed by atoms with Crippen molar-refractivity contribution in [2.24, 2.45) is 0 Å². The SMILES string of the molecule is Nc1cc(Cl)cc(OCC(=O)O)c1. The lowest BCUT2D eigenvalue weighted by molar-refractivity contribution is -0.139. The summed E-state index contributed by atoms with van der Waals surface area (Å²) in [5.41, 5.74) is 5.89. The van der Waals surface area contributed by atoms with E-state index in [2.05, 4.69) is 0 Å². The monoisotopic (exact) mass is 201 g/mol. The van der Waals surface area contributed by atoms with E-state index < -0.39 is 12.6 Å². The highest BCUT2D eigenvalue weighted by Crippen LogP contribution is 2.22. The standard InChI is InChI=1S/C8H8ClNO3/c9-5-1-6(10)3-7(2-5)13-4-8(11)12/h1-3H,4,10H2,(H,11,12). The largest absolute Gasteiger partial charge is 0.482 e. The summed E-state index contributed by atoms with van der Waals surface area (Å²) >= 11 is 5.66. The molecule has 0 bridgehead atoms. The zero-order valence-corrected chi connectivity index (χ0v) is 7.41. The number of carboxylic acid groups (broad SMARTS) is 1. The molecule has 1 aromatic rings. The van der Waals surface area contributed by atoms with Gasteiger partial charge in [0.2, 0.25) is 0 Å². The third-order valence-electron chi connectivity index (χ3n) is 1.26. The van der Waals surface area contributed by atoms with Gasteiger partial charge in [0.05, 0.1) is 0 Å². The smallest absolute Gasteiger partial charge is 0.341 e. The van der Waals surface area contributed by atoms with Crippen LogP contribution in [0.2, 0.25) is 5.02 Å². The van der Waals surface area contributed by atoms with E-state index >= 15 is 0 Å². The molecule has 0 amide bonds. The fourth-order valence-corrected chi connectivity index (χ4v) is 1.05. The van der Waals surface area contributed by atoms with Crippen molar-refractivity contribution < 1.29 is 14.6 Å². The Morgan fingerprint density at radius 3 is 2.77 bits per heavy atom. The zero-order chi connectivity index (χ0) is 9.84. The summed E-state index contributed by atoms with van der Waals surface area (Å²) in [5, 5.41) is 8.74. The summed E-state index contributed by atoms with van der Waals surface area (Å²) in [6, 6.07) is 4.56. The van der Waals surface area contributed by atoms with Crippen molar-refractivity contribution in [2.75, 3.05) is 12.3 Å². The first-order chi connectivity index (χ1) is 6.08. The van der Waals surface area contributed by atoms with Crippen molar-refractivity contribution in [3.8, 4) is 5.75 Å². The van der Waals surface area contributed by atoms with Gasteiger partial charge in [0.15, 0.2) is 6.61 Å². The Kier molecular flexibility index (Phi) is 2.97. The molecule has 0 spiro atoms. The van der Waals surface area contributed by atoms with Crippen LogP contribution in [0.3, 0.4) is 0 Å². The second kappa shape index (κ2) is 4.00. The lowest BCUT2D eigenvalue weighted by Crippen LogP contribution is -2.09. The number of carbonyl (C=O) groups is 1. The van der Waals surface area contributed by atoms with Crippen LogP contribution >= 0.6 is 11.6 Å². The summed E-state index contributed by atoms with van der Waals surface area (Å²) < 4.78 is 4.87. The Balaban J connectivity index is 2.71. The first-order valence-electron chi connectivity index (χ1n) is 3.48. The number of rotatable bonds is 3. The van der Waals surface area contributed by atoms with Gasteiger partial charge >= 0.3 is 5.97 Å². The Morgan fingerprint density at radius 1 is 1.54 bits per heavy atom. The van der Waals surface area contributed by atoms with Crippen LogP contribution in [0.25, 0.3) is 0 Å². The van der Waals surface area contributed by atoms with Crippen molar-refractivity contribution in [1.29, 1.82) is 0 Å². The number of hydrogen-bond donors (Lipinski definition) is 2. The molecule has 5 heteroatoms. The second-order valence-electron chi connectivity index (χ2n) is 2.40. The maximum absolute atomic E-state index is 10.2. The molecule has 0 radical (unpaired) electrons. The molecule has 0 aliphatic heterocycles. The van der Waals surface area contributed by atoms with Crippen LogP contribution in [-0.4, -0.2) is 17.7 Å². The molecule has 1 rings (SSSR count). The molecular weight excluding hydrogens is 194 g/mol. The molecule has 0 fully saturated rings. The molecule has 0 heterocycles. The number of hydrogen-bond acceptors (Lipinski definition) is 3. The van der Waals surface area contributed by atoms with Crippen molar-refractivity contribution in [3.05, 3.63) is 23.2 Å². The number of ether oxygens (including phenoxy) is 1. The van der Waals surface area contributed by atoms with Crippen LogP contribution in [0.4, 0.5) is 5.69 Å². The van der Waals surface area contributed by atoms with Crippen LogP contribution in [0.15, 0.2) is 18.2 Å². The Labute approximate surface area is 79.9 Å². The lowest BCUT2D eigenvalue weighted by atomic mass is 10.3. The van der Waals surface area contributed by atoms with E-state index in [9.17, 15) is 4.79 Å². The normalized spacial score (nSPS) is 9.62. The quantitative estimate of drug-likeness (QED) is 0.725. The van der Waals surface area contributed by atoms with E-state index in [1.165, 1.54) is 12.1 Å². The molecule has 0 aliphatic carbocycles. The topological polar surface area (TPSA) is 72.5 Å². The fourth-order valence-electron chi connectivity index (χ4n) is 0.813. The number of carboxylic acids is 1. The van der Waals surface area contributed by atoms with E-state index in [1.54, 1.807) is 6.07 Å². The van der Waals surface area contributed by atoms with Crippen LogP contribution in [0, 0.1) is 0 Å². The molecule has 13 heavy (non-hydrogen) atoms. The van der Waals surface area contributed by atoms with Crippen molar-refractivity contribution >= 4 is 23.3 Å². The zero-order valence-electron chi connectivity index (χ0n) is 6.66. The Morgan fingerprint density at radius 2 is 2.23 bits per heavy atom. The number of nitrogens with two attached hydrogens (primary N) is 1. The summed E-state index contributed by atoms with van der Waals surface area (Å²) in [7, 11) is 0. The third kappa shape index (κ3) is 3.21. The maximum Gasteiger partial charge on any atom is 0.341 e. The van der Waals surface area contributed by atoms with Gasteiger partial charge in [0, 0.05) is 16.8 Å². The minimum atomic E-state index is -1.04. The highest BCUT2D eigenvalue weighted by Gasteiger charge is 2.01. The molecule has 1 aromatic carbocycles. The molecule has 0 aliphatic rings. The van der Waals surface area contributed by atoms with Gasteiger partial charge in [-0.15, -0.1) is 0 Å². The van der Waals surface area contributed by atoms with Gasteiger partial charge in [0.1, 0.15) is 5.75 Å². The molecule has 4 nitrogen and oxygen atoms in total. The Bertz CT molecular complexity index is 307. The summed E-state index contributed by atoms with van der Waals surface area (Å²) in [6.45, 7) is -0.403. The minimum Gasteiger partial charge on any atom is -0.482 e. The molecule has 0 aromatic heterocycles. The molecule has 0 saturated carbocycles. The van der Waals surface area contributed by atoms with E-state index in [0.29, 0.717) is 16.5 Å². The number of aliphatic carboxylic acids is 1. The van der Waals surface area contributed by atoms with Crippen LogP contribution in [0.1, 0.15) is 0 Å². The predicted octanol–water partition coefficient (Wildman–Crippen LogP) is 1.39. The molecule has 0 atom stereocenters. The van der Waals surface area contributed by atoms with E-state index in [0.717, 1.165) is 0 Å². The van der Waals surface area contributed by atoms with Gasteiger partial charge < -0.3 is 15.6 Å². The predicted molar refractivity (Wildman–Crippen MR) is 49.0 cm³/mol. The number of nitrogen functional groups attached to an aromatic ring is 1. The van der Waals surface area contributed by atoms with Crippen LogP contribution in [-0.2, 0) is 4.79 Å². The minimum absolute atomic E-state index is 0.354. The molecular formula is C8H8ClNO3. The number of anilines is 1. The molecule has 0 unspecified atom stereocenters. The summed E-state index contributed by atoms with van der Waals surface area (Å²) in [4.78, 5) is 10.2. The first kappa shape index (κ1) is 9.67. The Hall–Kier alpha value is -1.42. The van der Waals surface area contributed by atoms with Gasteiger partial charge in [-0.3, -0.25) is 0 Å². The fraction of sp³-hybridized carbons (Fsp3) is 0.125. The maximum atomic E-state index is 10.2. The van der Waals surface area contributed by atoms with Gasteiger partial charge in [-0.1, -0.05) is 11.6 Å². The van der Waals surface area contributed by atoms with Gasteiger partial charge in [0.25, 0.3) is 0 Å². The lowest BCUT2D eigenvalue weighted by Gasteiger charge is -2.04.